The zero-order valence-corrected chi connectivity index (χ0v) is 6.89. The molecular weight excluding hydrogens is 143 g/mol. The third-order valence-corrected chi connectivity index (χ3v) is 1.16. The summed E-state index contributed by atoms with van der Waals surface area (Å²) < 4.78 is 12.7. The fraction of sp³-hybridized carbons (Fsp3) is 0.333. The van der Waals surface area contributed by atoms with Crippen LogP contribution in [0, 0.1) is 0 Å². The second-order valence-corrected chi connectivity index (χ2v) is 2.47. The maximum absolute atomic E-state index is 12.7. The second-order valence-electron chi connectivity index (χ2n) is 2.47. The van der Waals surface area contributed by atoms with Crippen LogP contribution in [0.5, 0.6) is 0 Å². The van der Waals surface area contributed by atoms with E-state index in [9.17, 15) is 4.39 Å². The minimum Gasteiger partial charge on any atom is -0.392 e. The predicted octanol–water partition coefficient (Wildman–Crippen LogP) is 2.35. The molecule has 0 bridgehead atoms. The molecule has 0 aliphatic heterocycles. The Kier molecular flexibility index (Phi) is 4.46. The molecule has 1 nitrogen and oxygen atoms in total. The number of allylic oxidation sites excluding steroid dienone is 4. The van der Waals surface area contributed by atoms with Crippen molar-refractivity contribution in [1.82, 2.24) is 0 Å². The molecule has 0 rings (SSSR count). The van der Waals surface area contributed by atoms with E-state index in [0.29, 0.717) is 5.57 Å². The van der Waals surface area contributed by atoms with Crippen LogP contribution in [0.25, 0.3) is 0 Å². The quantitative estimate of drug-likeness (QED) is 0.622. The molecule has 0 saturated carbocycles. The largest absolute Gasteiger partial charge is 0.392 e. The van der Waals surface area contributed by atoms with Gasteiger partial charge in [-0.2, -0.15) is 0 Å². The molecule has 2 heteroatoms. The highest BCUT2D eigenvalue weighted by Crippen LogP contribution is 2.07. The van der Waals surface area contributed by atoms with Crippen molar-refractivity contribution in [2.45, 2.75) is 13.8 Å². The number of rotatable bonds is 3. The van der Waals surface area contributed by atoms with Crippen LogP contribution < -0.4 is 0 Å². The Morgan fingerprint density at radius 1 is 1.45 bits per heavy atom. The smallest absolute Gasteiger partial charge is 0.124 e. The molecule has 0 aromatic rings. The molecule has 0 aromatic carbocycles. The van der Waals surface area contributed by atoms with E-state index in [0.717, 1.165) is 5.57 Å². The van der Waals surface area contributed by atoms with Crippen LogP contribution in [-0.4, -0.2) is 11.7 Å². The van der Waals surface area contributed by atoms with Gasteiger partial charge in [0.1, 0.15) is 5.83 Å². The van der Waals surface area contributed by atoms with Crippen molar-refractivity contribution in [3.63, 3.8) is 0 Å². The van der Waals surface area contributed by atoms with Crippen molar-refractivity contribution >= 4 is 0 Å². The molecule has 0 aliphatic carbocycles. The summed E-state index contributed by atoms with van der Waals surface area (Å²) in [6, 6.07) is 0. The molecule has 62 valence electrons. The van der Waals surface area contributed by atoms with Gasteiger partial charge >= 0.3 is 0 Å². The maximum atomic E-state index is 12.7. The molecule has 0 saturated heterocycles. The van der Waals surface area contributed by atoms with Crippen LogP contribution in [0.15, 0.2) is 35.7 Å². The Morgan fingerprint density at radius 3 is 2.36 bits per heavy atom. The zero-order chi connectivity index (χ0) is 8.85. The van der Waals surface area contributed by atoms with Gasteiger partial charge in [-0.3, -0.25) is 0 Å². The second kappa shape index (κ2) is 4.85. The molecular formula is C9H13FO. The first-order chi connectivity index (χ1) is 5.07. The Bertz CT molecular complexity index is 202. The summed E-state index contributed by atoms with van der Waals surface area (Å²) in [5.74, 6) is -0.393. The average molecular weight is 156 g/mol. The van der Waals surface area contributed by atoms with Crippen LogP contribution >= 0.6 is 0 Å². The highest BCUT2D eigenvalue weighted by molar-refractivity contribution is 5.24. The normalized spacial score (nSPS) is 13.5. The molecule has 0 heterocycles. The summed E-state index contributed by atoms with van der Waals surface area (Å²) in [7, 11) is 0. The summed E-state index contributed by atoms with van der Waals surface area (Å²) in [6.07, 6.45) is 2.86. The van der Waals surface area contributed by atoms with E-state index in [1.165, 1.54) is 13.0 Å². The van der Waals surface area contributed by atoms with Crippen LogP contribution in [0.1, 0.15) is 13.8 Å². The molecule has 0 unspecified atom stereocenters. The number of aliphatic hydroxyl groups excluding tert-OH is 1. The Balaban J connectivity index is 4.26. The van der Waals surface area contributed by atoms with Gasteiger partial charge in [-0.1, -0.05) is 18.2 Å². The fourth-order valence-corrected chi connectivity index (χ4v) is 0.433. The minimum atomic E-state index is -0.393. The van der Waals surface area contributed by atoms with Gasteiger partial charge in [0.25, 0.3) is 0 Å². The van der Waals surface area contributed by atoms with Gasteiger partial charge < -0.3 is 5.11 Å². The lowest BCUT2D eigenvalue weighted by Crippen LogP contribution is -1.86. The lowest BCUT2D eigenvalue weighted by Gasteiger charge is -1.93. The van der Waals surface area contributed by atoms with Crippen LogP contribution in [0.2, 0.25) is 0 Å². The first-order valence-electron chi connectivity index (χ1n) is 3.37. The number of halogens is 1. The highest BCUT2D eigenvalue weighted by Gasteiger charge is 1.93. The molecule has 0 spiro atoms. The molecule has 1 N–H and O–H groups in total. The minimum absolute atomic E-state index is 0.244. The topological polar surface area (TPSA) is 20.2 Å². The van der Waals surface area contributed by atoms with Crippen LogP contribution in [0.3, 0.4) is 0 Å². The molecule has 0 radical (unpaired) electrons. The third-order valence-electron chi connectivity index (χ3n) is 1.16. The van der Waals surface area contributed by atoms with Gasteiger partial charge in [0, 0.05) is 0 Å². The van der Waals surface area contributed by atoms with Gasteiger partial charge in [-0.25, -0.2) is 4.39 Å². The first-order valence-corrected chi connectivity index (χ1v) is 3.37. The number of aliphatic hydroxyl groups is 1. The SMILES string of the molecule is C=C(C)/C=C\C(F)=C(/C)CO. The monoisotopic (exact) mass is 156 g/mol. The molecule has 0 fully saturated rings. The van der Waals surface area contributed by atoms with Gasteiger partial charge in [0.05, 0.1) is 6.61 Å². The van der Waals surface area contributed by atoms with E-state index in [-0.39, 0.29) is 6.61 Å². The average Bonchev–Trinajstić information content (AvgIpc) is 1.98. The van der Waals surface area contributed by atoms with Crippen molar-refractivity contribution in [2.75, 3.05) is 6.61 Å². The van der Waals surface area contributed by atoms with E-state index in [2.05, 4.69) is 6.58 Å². The Labute approximate surface area is 66.5 Å². The Morgan fingerprint density at radius 2 is 2.00 bits per heavy atom. The van der Waals surface area contributed by atoms with Gasteiger partial charge in [-0.15, -0.1) is 0 Å². The van der Waals surface area contributed by atoms with Gasteiger partial charge in [0.15, 0.2) is 0 Å². The van der Waals surface area contributed by atoms with Crippen molar-refractivity contribution in [1.29, 1.82) is 0 Å². The molecule has 0 atom stereocenters. The molecule has 0 amide bonds. The number of hydrogen-bond donors (Lipinski definition) is 1. The molecule has 0 aliphatic rings. The molecule has 11 heavy (non-hydrogen) atoms. The predicted molar refractivity (Wildman–Crippen MR) is 44.8 cm³/mol. The lowest BCUT2D eigenvalue weighted by atomic mass is 10.2. The maximum Gasteiger partial charge on any atom is 0.124 e. The van der Waals surface area contributed by atoms with Crippen molar-refractivity contribution in [3.05, 3.63) is 35.7 Å². The molecule has 0 aromatic heterocycles. The summed E-state index contributed by atoms with van der Waals surface area (Å²) >= 11 is 0. The van der Waals surface area contributed by atoms with E-state index in [1.807, 2.05) is 0 Å². The summed E-state index contributed by atoms with van der Waals surface area (Å²) in [5, 5.41) is 8.52. The summed E-state index contributed by atoms with van der Waals surface area (Å²) in [4.78, 5) is 0. The van der Waals surface area contributed by atoms with Gasteiger partial charge in [-0.05, 0) is 25.5 Å². The first kappa shape index (κ1) is 10.1. The van der Waals surface area contributed by atoms with Gasteiger partial charge in [0.2, 0.25) is 0 Å². The van der Waals surface area contributed by atoms with Crippen LogP contribution in [0.4, 0.5) is 4.39 Å². The van der Waals surface area contributed by atoms with Crippen LogP contribution in [-0.2, 0) is 0 Å². The third kappa shape index (κ3) is 4.51. The standard InChI is InChI=1S/C9H13FO/c1-7(2)4-5-9(10)8(3)6-11/h4-5,11H,1,6H2,2-3H3/b5-4-,9-8-. The van der Waals surface area contributed by atoms with Crippen molar-refractivity contribution < 1.29 is 9.50 Å². The lowest BCUT2D eigenvalue weighted by molar-refractivity contribution is 0.327. The fourth-order valence-electron chi connectivity index (χ4n) is 0.433. The summed E-state index contributed by atoms with van der Waals surface area (Å²) in [5.41, 5.74) is 1.12. The Hall–Kier alpha value is -0.890. The summed E-state index contributed by atoms with van der Waals surface area (Å²) in [6.45, 7) is 6.65. The highest BCUT2D eigenvalue weighted by atomic mass is 19.1. The van der Waals surface area contributed by atoms with E-state index in [1.54, 1.807) is 13.0 Å². The van der Waals surface area contributed by atoms with Crippen molar-refractivity contribution in [2.24, 2.45) is 0 Å². The zero-order valence-electron chi connectivity index (χ0n) is 6.89. The number of hydrogen-bond acceptors (Lipinski definition) is 1. The van der Waals surface area contributed by atoms with E-state index >= 15 is 0 Å². The van der Waals surface area contributed by atoms with Crippen molar-refractivity contribution in [3.8, 4) is 0 Å². The van der Waals surface area contributed by atoms with E-state index < -0.39 is 5.83 Å². The van der Waals surface area contributed by atoms with E-state index in [4.69, 9.17) is 5.11 Å².